The van der Waals surface area contributed by atoms with Crippen molar-refractivity contribution in [3.8, 4) is 0 Å². The second-order valence-electron chi connectivity index (χ2n) is 4.59. The highest BCUT2D eigenvalue weighted by atomic mass is 79.9. The molecule has 0 aliphatic heterocycles. The molecular formula is C17H9BrF2O. The fraction of sp³-hybridized carbons (Fsp3) is 0. The summed E-state index contributed by atoms with van der Waals surface area (Å²) in [4.78, 5) is 12.6. The minimum absolute atomic E-state index is 0.280. The third-order valence-corrected chi connectivity index (χ3v) is 3.95. The van der Waals surface area contributed by atoms with Crippen LogP contribution in [0.4, 0.5) is 8.78 Å². The summed E-state index contributed by atoms with van der Waals surface area (Å²) in [6.07, 6.45) is 0. The summed E-state index contributed by atoms with van der Waals surface area (Å²) in [6, 6.07) is 13.4. The molecule has 0 amide bonds. The average molecular weight is 347 g/mol. The molecule has 0 aliphatic carbocycles. The topological polar surface area (TPSA) is 17.1 Å². The molecule has 3 aromatic carbocycles. The molecule has 21 heavy (non-hydrogen) atoms. The van der Waals surface area contributed by atoms with E-state index < -0.39 is 5.82 Å². The van der Waals surface area contributed by atoms with Crippen LogP contribution in [-0.2, 0) is 0 Å². The minimum Gasteiger partial charge on any atom is -0.289 e. The standard InChI is InChI=1S/C17H9BrF2O/c18-15-9-10(19)5-6-14(15)17(21)13-7-8-16(20)12-4-2-1-3-11(12)13/h1-9H. The largest absolute Gasteiger partial charge is 0.289 e. The lowest BCUT2D eigenvalue weighted by Gasteiger charge is -2.08. The van der Waals surface area contributed by atoms with Crippen molar-refractivity contribution in [1.29, 1.82) is 0 Å². The Morgan fingerprint density at radius 2 is 1.52 bits per heavy atom. The molecule has 0 fully saturated rings. The van der Waals surface area contributed by atoms with Crippen LogP contribution in [0.15, 0.2) is 59.1 Å². The van der Waals surface area contributed by atoms with Gasteiger partial charge < -0.3 is 0 Å². The van der Waals surface area contributed by atoms with Crippen LogP contribution in [-0.4, -0.2) is 5.78 Å². The quantitative estimate of drug-likeness (QED) is 0.589. The van der Waals surface area contributed by atoms with Gasteiger partial charge in [-0.3, -0.25) is 4.79 Å². The van der Waals surface area contributed by atoms with Crippen molar-refractivity contribution in [3.05, 3.63) is 81.8 Å². The van der Waals surface area contributed by atoms with Crippen LogP contribution in [0.1, 0.15) is 15.9 Å². The van der Waals surface area contributed by atoms with Gasteiger partial charge in [-0.15, -0.1) is 0 Å². The van der Waals surface area contributed by atoms with Crippen LogP contribution in [0.25, 0.3) is 10.8 Å². The molecule has 3 aromatic rings. The van der Waals surface area contributed by atoms with Crippen molar-refractivity contribution in [3.63, 3.8) is 0 Å². The number of hydrogen-bond donors (Lipinski definition) is 0. The Balaban J connectivity index is 2.21. The maximum atomic E-state index is 13.8. The normalized spacial score (nSPS) is 10.8. The van der Waals surface area contributed by atoms with E-state index in [1.54, 1.807) is 24.3 Å². The molecular weight excluding hydrogens is 338 g/mol. The lowest BCUT2D eigenvalue weighted by atomic mass is 9.97. The van der Waals surface area contributed by atoms with Crippen molar-refractivity contribution in [2.45, 2.75) is 0 Å². The Morgan fingerprint density at radius 3 is 2.24 bits per heavy atom. The van der Waals surface area contributed by atoms with Crippen LogP contribution in [0.5, 0.6) is 0 Å². The second kappa shape index (κ2) is 5.37. The molecule has 1 nitrogen and oxygen atoms in total. The highest BCUT2D eigenvalue weighted by Gasteiger charge is 2.17. The highest BCUT2D eigenvalue weighted by molar-refractivity contribution is 9.10. The molecule has 0 bridgehead atoms. The molecule has 0 unspecified atom stereocenters. The Morgan fingerprint density at radius 1 is 0.857 bits per heavy atom. The first-order chi connectivity index (χ1) is 10.1. The number of ketones is 1. The van der Waals surface area contributed by atoms with Gasteiger partial charge in [0.05, 0.1) is 0 Å². The first-order valence-corrected chi connectivity index (χ1v) is 7.04. The summed E-state index contributed by atoms with van der Waals surface area (Å²) in [7, 11) is 0. The van der Waals surface area contributed by atoms with Gasteiger partial charge in [-0.1, -0.05) is 24.3 Å². The predicted octanol–water partition coefficient (Wildman–Crippen LogP) is 5.11. The fourth-order valence-corrected chi connectivity index (χ4v) is 2.81. The second-order valence-corrected chi connectivity index (χ2v) is 5.45. The molecule has 0 aliphatic rings. The summed E-state index contributed by atoms with van der Waals surface area (Å²) >= 11 is 3.19. The van der Waals surface area contributed by atoms with Gasteiger partial charge >= 0.3 is 0 Å². The van der Waals surface area contributed by atoms with E-state index in [0.29, 0.717) is 26.4 Å². The first kappa shape index (κ1) is 13.9. The predicted molar refractivity (Wildman–Crippen MR) is 81.4 cm³/mol. The molecule has 0 N–H and O–H groups in total. The van der Waals surface area contributed by atoms with E-state index in [4.69, 9.17) is 0 Å². The van der Waals surface area contributed by atoms with Gasteiger partial charge in [0, 0.05) is 21.0 Å². The van der Waals surface area contributed by atoms with Gasteiger partial charge in [-0.25, -0.2) is 8.78 Å². The van der Waals surface area contributed by atoms with Gasteiger partial charge in [0.15, 0.2) is 5.78 Å². The van der Waals surface area contributed by atoms with E-state index in [0.717, 1.165) is 0 Å². The van der Waals surface area contributed by atoms with Gasteiger partial charge in [0.2, 0.25) is 0 Å². The van der Waals surface area contributed by atoms with Crippen molar-refractivity contribution in [2.24, 2.45) is 0 Å². The van der Waals surface area contributed by atoms with E-state index in [1.165, 1.54) is 30.3 Å². The minimum atomic E-state index is -0.428. The number of carbonyl (C=O) groups is 1. The number of fused-ring (bicyclic) bond motifs is 1. The van der Waals surface area contributed by atoms with Crippen LogP contribution < -0.4 is 0 Å². The third kappa shape index (κ3) is 2.47. The third-order valence-electron chi connectivity index (χ3n) is 3.29. The number of hydrogen-bond acceptors (Lipinski definition) is 1. The molecule has 3 rings (SSSR count). The van der Waals surface area contributed by atoms with Crippen molar-refractivity contribution in [2.75, 3.05) is 0 Å². The lowest BCUT2D eigenvalue weighted by Crippen LogP contribution is -2.04. The molecule has 104 valence electrons. The van der Waals surface area contributed by atoms with Gasteiger partial charge in [0.1, 0.15) is 11.6 Å². The highest BCUT2D eigenvalue weighted by Crippen LogP contribution is 2.27. The molecule has 0 saturated heterocycles. The van der Waals surface area contributed by atoms with Gasteiger partial charge in [0.25, 0.3) is 0 Å². The Hall–Kier alpha value is -2.07. The van der Waals surface area contributed by atoms with Crippen molar-refractivity contribution >= 4 is 32.5 Å². The Kier molecular flexibility index (Phi) is 3.55. The number of benzene rings is 3. The van der Waals surface area contributed by atoms with E-state index >= 15 is 0 Å². The molecule has 0 atom stereocenters. The van der Waals surface area contributed by atoms with E-state index in [9.17, 15) is 13.6 Å². The monoisotopic (exact) mass is 346 g/mol. The smallest absolute Gasteiger partial charge is 0.194 e. The van der Waals surface area contributed by atoms with Crippen molar-refractivity contribution < 1.29 is 13.6 Å². The maximum Gasteiger partial charge on any atom is 0.194 e. The summed E-state index contributed by atoms with van der Waals surface area (Å²) < 4.78 is 27.3. The summed E-state index contributed by atoms with van der Waals surface area (Å²) in [6.45, 7) is 0. The zero-order chi connectivity index (χ0) is 15.0. The maximum absolute atomic E-state index is 13.8. The Labute approximate surface area is 128 Å². The fourth-order valence-electron chi connectivity index (χ4n) is 2.28. The molecule has 0 saturated carbocycles. The van der Waals surface area contributed by atoms with Gasteiger partial charge in [-0.05, 0) is 51.6 Å². The van der Waals surface area contributed by atoms with E-state index in [2.05, 4.69) is 15.9 Å². The number of halogens is 3. The lowest BCUT2D eigenvalue weighted by molar-refractivity contribution is 0.103. The molecule has 0 radical (unpaired) electrons. The van der Waals surface area contributed by atoms with Crippen molar-refractivity contribution in [1.82, 2.24) is 0 Å². The molecule has 0 aromatic heterocycles. The van der Waals surface area contributed by atoms with Crippen LogP contribution in [0.3, 0.4) is 0 Å². The zero-order valence-electron chi connectivity index (χ0n) is 10.7. The van der Waals surface area contributed by atoms with Gasteiger partial charge in [-0.2, -0.15) is 0 Å². The first-order valence-electron chi connectivity index (χ1n) is 6.25. The number of carbonyl (C=O) groups excluding carboxylic acids is 1. The summed E-state index contributed by atoms with van der Waals surface area (Å²) in [5.74, 6) is -1.08. The van der Waals surface area contributed by atoms with Crippen LogP contribution >= 0.6 is 15.9 Å². The van der Waals surface area contributed by atoms with Crippen LogP contribution in [0.2, 0.25) is 0 Å². The zero-order valence-corrected chi connectivity index (χ0v) is 12.3. The van der Waals surface area contributed by atoms with Crippen LogP contribution in [0, 0.1) is 11.6 Å². The number of rotatable bonds is 2. The molecule has 4 heteroatoms. The molecule has 0 spiro atoms. The molecule has 0 heterocycles. The average Bonchev–Trinajstić information content (AvgIpc) is 2.47. The summed E-state index contributed by atoms with van der Waals surface area (Å²) in [5, 5.41) is 0.931. The summed E-state index contributed by atoms with van der Waals surface area (Å²) in [5.41, 5.74) is 0.729. The van der Waals surface area contributed by atoms with E-state index in [-0.39, 0.29) is 11.6 Å². The SMILES string of the molecule is O=C(c1ccc(F)cc1Br)c1ccc(F)c2ccccc12. The van der Waals surface area contributed by atoms with E-state index in [1.807, 2.05) is 0 Å². The Bertz CT molecular complexity index is 859.